The van der Waals surface area contributed by atoms with Gasteiger partial charge in [0.15, 0.2) is 11.6 Å². The van der Waals surface area contributed by atoms with Crippen molar-refractivity contribution in [2.75, 3.05) is 0 Å². The smallest absolute Gasteiger partial charge is 0.168 e. The quantitative estimate of drug-likeness (QED) is 0.235. The third-order valence-electron chi connectivity index (χ3n) is 7.46. The largest absolute Gasteiger partial charge is 0.309 e. The molecular weight excluding hydrogens is 476 g/mol. The van der Waals surface area contributed by atoms with E-state index in [2.05, 4.69) is 124 Å². The molecule has 2 aromatic heterocycles. The van der Waals surface area contributed by atoms with Crippen LogP contribution in [0, 0.1) is 0 Å². The molecule has 0 atom stereocenters. The first kappa shape index (κ1) is 23.2. The second-order valence-electron chi connectivity index (χ2n) is 10.2. The van der Waals surface area contributed by atoms with E-state index in [0.29, 0.717) is 5.92 Å². The Balaban J connectivity index is 1.40. The number of para-hydroxylation sites is 1. The van der Waals surface area contributed by atoms with Crippen molar-refractivity contribution in [2.45, 2.75) is 19.8 Å². The second-order valence-corrected chi connectivity index (χ2v) is 10.2. The molecule has 188 valence electrons. The Hall–Kier alpha value is -4.96. The van der Waals surface area contributed by atoms with Gasteiger partial charge in [-0.1, -0.05) is 98.8 Å². The molecule has 39 heavy (non-hydrogen) atoms. The van der Waals surface area contributed by atoms with Gasteiger partial charge in [0, 0.05) is 33.3 Å². The van der Waals surface area contributed by atoms with Crippen LogP contribution in [0.4, 0.5) is 0 Å². The van der Waals surface area contributed by atoms with Crippen LogP contribution in [-0.2, 0) is 0 Å². The van der Waals surface area contributed by atoms with Gasteiger partial charge in [0.2, 0.25) is 0 Å². The zero-order chi connectivity index (χ0) is 26.3. The lowest BCUT2D eigenvalue weighted by atomic mass is 10.0. The van der Waals surface area contributed by atoms with Crippen molar-refractivity contribution >= 4 is 21.8 Å². The number of aromatic nitrogens is 4. The van der Waals surface area contributed by atoms with Crippen LogP contribution in [-0.4, -0.2) is 19.3 Å². The topological polar surface area (TPSA) is 35.6 Å². The Morgan fingerprint density at radius 1 is 0.487 bits per heavy atom. The molecule has 0 amide bonds. The first-order chi connectivity index (χ1) is 19.2. The summed E-state index contributed by atoms with van der Waals surface area (Å²) in [6.07, 6.45) is 0. The number of benzene rings is 5. The fraction of sp³-hybridized carbons (Fsp3) is 0.0857. The Labute approximate surface area is 227 Å². The molecule has 0 aliphatic carbocycles. The van der Waals surface area contributed by atoms with E-state index in [4.69, 9.17) is 0 Å². The second kappa shape index (κ2) is 9.41. The Morgan fingerprint density at radius 3 is 1.59 bits per heavy atom. The van der Waals surface area contributed by atoms with Gasteiger partial charge in [-0.2, -0.15) is 0 Å². The Bertz CT molecular complexity index is 1850. The molecule has 0 N–H and O–H groups in total. The summed E-state index contributed by atoms with van der Waals surface area (Å²) in [7, 11) is 0. The molecule has 0 aliphatic rings. The molecule has 0 aliphatic heterocycles. The normalized spacial score (nSPS) is 11.6. The Kier molecular flexibility index (Phi) is 5.59. The van der Waals surface area contributed by atoms with E-state index >= 15 is 0 Å². The molecule has 0 fully saturated rings. The van der Waals surface area contributed by atoms with Crippen LogP contribution in [0.5, 0.6) is 0 Å². The van der Waals surface area contributed by atoms with Gasteiger partial charge in [-0.05, 0) is 53.9 Å². The van der Waals surface area contributed by atoms with Crippen LogP contribution in [0.15, 0.2) is 127 Å². The maximum absolute atomic E-state index is 4.62. The molecule has 5 aromatic carbocycles. The summed E-state index contributed by atoms with van der Waals surface area (Å²) in [5.74, 6) is 2.12. The van der Waals surface area contributed by atoms with Gasteiger partial charge < -0.3 is 4.57 Å². The van der Waals surface area contributed by atoms with Crippen LogP contribution >= 0.6 is 0 Å². The monoisotopic (exact) mass is 504 g/mol. The van der Waals surface area contributed by atoms with Crippen molar-refractivity contribution in [3.8, 4) is 34.2 Å². The molecule has 0 saturated heterocycles. The van der Waals surface area contributed by atoms with Crippen molar-refractivity contribution in [3.05, 3.63) is 133 Å². The van der Waals surface area contributed by atoms with Crippen LogP contribution in [0.3, 0.4) is 0 Å². The lowest BCUT2D eigenvalue weighted by Crippen LogP contribution is -2.01. The minimum Gasteiger partial charge on any atom is -0.309 e. The molecule has 0 saturated carbocycles. The number of nitrogens with zero attached hydrogens (tertiary/aromatic N) is 4. The summed E-state index contributed by atoms with van der Waals surface area (Å²) in [6.45, 7) is 4.49. The molecule has 0 radical (unpaired) electrons. The first-order valence-corrected chi connectivity index (χ1v) is 13.4. The van der Waals surface area contributed by atoms with Crippen LogP contribution in [0.2, 0.25) is 0 Å². The summed E-state index contributed by atoms with van der Waals surface area (Å²) in [6, 6.07) is 44.8. The number of rotatable bonds is 5. The maximum Gasteiger partial charge on any atom is 0.168 e. The highest BCUT2D eigenvalue weighted by Crippen LogP contribution is 2.35. The van der Waals surface area contributed by atoms with E-state index < -0.39 is 0 Å². The predicted molar refractivity (Wildman–Crippen MR) is 161 cm³/mol. The van der Waals surface area contributed by atoms with Gasteiger partial charge in [-0.15, -0.1) is 10.2 Å². The third-order valence-corrected chi connectivity index (χ3v) is 7.46. The molecule has 0 spiro atoms. The van der Waals surface area contributed by atoms with E-state index in [1.165, 1.54) is 27.4 Å². The maximum atomic E-state index is 4.62. The van der Waals surface area contributed by atoms with E-state index in [9.17, 15) is 0 Å². The summed E-state index contributed by atoms with van der Waals surface area (Å²) < 4.78 is 4.51. The van der Waals surface area contributed by atoms with Crippen molar-refractivity contribution in [1.29, 1.82) is 0 Å². The molecule has 7 rings (SSSR count). The number of hydrogen-bond donors (Lipinski definition) is 0. The highest BCUT2D eigenvalue weighted by atomic mass is 15.3. The molecule has 0 bridgehead atoms. The fourth-order valence-corrected chi connectivity index (χ4v) is 5.46. The summed E-state index contributed by atoms with van der Waals surface area (Å²) in [4.78, 5) is 0. The SMILES string of the molecule is CC(C)c1ccc2c(c1)c1ccccc1n2-c1ccc(-n2c(-c3ccccc3)nnc2-c2ccccc2)cc1. The van der Waals surface area contributed by atoms with Crippen LogP contribution in [0.1, 0.15) is 25.3 Å². The van der Waals surface area contributed by atoms with Gasteiger partial charge >= 0.3 is 0 Å². The van der Waals surface area contributed by atoms with Crippen molar-refractivity contribution < 1.29 is 0 Å². The highest BCUT2D eigenvalue weighted by molar-refractivity contribution is 6.09. The molecule has 0 unspecified atom stereocenters. The minimum absolute atomic E-state index is 0.484. The number of fused-ring (bicyclic) bond motifs is 3. The average molecular weight is 505 g/mol. The summed E-state index contributed by atoms with van der Waals surface area (Å²) >= 11 is 0. The Morgan fingerprint density at radius 2 is 1.00 bits per heavy atom. The van der Waals surface area contributed by atoms with Gasteiger partial charge in [0.05, 0.1) is 11.0 Å². The molecule has 7 aromatic rings. The lowest BCUT2D eigenvalue weighted by molar-refractivity contribution is 0.868. The van der Waals surface area contributed by atoms with E-state index in [1.807, 2.05) is 36.4 Å². The molecule has 4 heteroatoms. The first-order valence-electron chi connectivity index (χ1n) is 13.4. The average Bonchev–Trinajstić information content (AvgIpc) is 3.58. The van der Waals surface area contributed by atoms with Gasteiger partial charge in [0.25, 0.3) is 0 Å². The highest BCUT2D eigenvalue weighted by Gasteiger charge is 2.18. The number of hydrogen-bond acceptors (Lipinski definition) is 2. The van der Waals surface area contributed by atoms with Gasteiger partial charge in [-0.25, -0.2) is 0 Å². The van der Waals surface area contributed by atoms with E-state index in [1.54, 1.807) is 0 Å². The van der Waals surface area contributed by atoms with Crippen molar-refractivity contribution in [3.63, 3.8) is 0 Å². The molecule has 2 heterocycles. The van der Waals surface area contributed by atoms with E-state index in [-0.39, 0.29) is 0 Å². The van der Waals surface area contributed by atoms with Crippen molar-refractivity contribution in [1.82, 2.24) is 19.3 Å². The predicted octanol–water partition coefficient (Wildman–Crippen LogP) is 8.82. The van der Waals surface area contributed by atoms with Crippen LogP contribution < -0.4 is 0 Å². The third kappa shape index (κ3) is 3.93. The minimum atomic E-state index is 0.484. The van der Waals surface area contributed by atoms with Crippen LogP contribution in [0.25, 0.3) is 56.0 Å². The van der Waals surface area contributed by atoms with E-state index in [0.717, 1.165) is 34.2 Å². The summed E-state index contributed by atoms with van der Waals surface area (Å²) in [5.41, 5.74) is 7.98. The van der Waals surface area contributed by atoms with Gasteiger partial charge in [-0.3, -0.25) is 4.57 Å². The molecule has 4 nitrogen and oxygen atoms in total. The standard InChI is InChI=1S/C35H28N4/c1-24(2)27-17-22-33-31(23-27)30-15-9-10-16-32(30)38(33)28-18-20-29(21-19-28)39-34(25-11-5-3-6-12-25)36-37-35(39)26-13-7-4-8-14-26/h3-24H,1-2H3. The lowest BCUT2D eigenvalue weighted by Gasteiger charge is -2.13. The zero-order valence-electron chi connectivity index (χ0n) is 22.0. The molecular formula is C35H28N4. The van der Waals surface area contributed by atoms with Crippen molar-refractivity contribution in [2.24, 2.45) is 0 Å². The summed E-state index contributed by atoms with van der Waals surface area (Å²) in [5, 5.41) is 11.8. The zero-order valence-corrected chi connectivity index (χ0v) is 22.0. The fourth-order valence-electron chi connectivity index (χ4n) is 5.46. The van der Waals surface area contributed by atoms with Gasteiger partial charge in [0.1, 0.15) is 0 Å².